The number of rotatable bonds is 5. The van der Waals surface area contributed by atoms with Gasteiger partial charge in [0.1, 0.15) is 11.9 Å². The lowest BCUT2D eigenvalue weighted by Gasteiger charge is -2.22. The fourth-order valence-corrected chi connectivity index (χ4v) is 4.88. The molecule has 1 atom stereocenters. The largest absolute Gasteiger partial charge is 0.368 e. The maximum atomic E-state index is 12.7. The van der Waals surface area contributed by atoms with E-state index < -0.39 is 0 Å². The summed E-state index contributed by atoms with van der Waals surface area (Å²) in [4.78, 5) is 17.6. The molecular formula is C25H25N3O. The van der Waals surface area contributed by atoms with Crippen LogP contribution in [0.1, 0.15) is 38.1 Å². The molecular weight excluding hydrogens is 358 g/mol. The summed E-state index contributed by atoms with van der Waals surface area (Å²) in [5, 5.41) is 2.30. The van der Waals surface area contributed by atoms with Gasteiger partial charge in [-0.15, -0.1) is 0 Å². The Labute approximate surface area is 170 Å². The minimum Gasteiger partial charge on any atom is -0.368 e. The van der Waals surface area contributed by atoms with Gasteiger partial charge < -0.3 is 10.3 Å². The quantitative estimate of drug-likeness (QED) is 0.497. The molecule has 1 fully saturated rings. The summed E-state index contributed by atoms with van der Waals surface area (Å²) in [7, 11) is 0. The van der Waals surface area contributed by atoms with Crippen LogP contribution in [0.4, 0.5) is 0 Å². The van der Waals surface area contributed by atoms with Gasteiger partial charge in [-0.2, -0.15) is 0 Å². The van der Waals surface area contributed by atoms with Crippen molar-refractivity contribution >= 4 is 27.7 Å². The molecule has 1 aliphatic rings. The summed E-state index contributed by atoms with van der Waals surface area (Å²) in [6.45, 7) is 0. The van der Waals surface area contributed by atoms with E-state index in [-0.39, 0.29) is 11.9 Å². The van der Waals surface area contributed by atoms with Crippen LogP contribution in [0.15, 0.2) is 66.7 Å². The molecule has 1 unspecified atom stereocenters. The normalized spacial score (nSPS) is 15.9. The van der Waals surface area contributed by atoms with Crippen LogP contribution < -0.4 is 5.73 Å². The Bertz CT molecular complexity index is 1180. The predicted octanol–water partition coefficient (Wildman–Crippen LogP) is 5.46. The summed E-state index contributed by atoms with van der Waals surface area (Å²) < 4.78 is 2.09. The minimum atomic E-state index is -0.389. The van der Waals surface area contributed by atoms with Crippen LogP contribution in [-0.4, -0.2) is 15.5 Å². The Morgan fingerprint density at radius 2 is 1.72 bits per heavy atom. The number of hydrogen-bond acceptors (Lipinski definition) is 2. The van der Waals surface area contributed by atoms with Crippen LogP contribution in [0.2, 0.25) is 0 Å². The zero-order valence-corrected chi connectivity index (χ0v) is 16.4. The lowest BCUT2D eigenvalue weighted by atomic mass is 9.97. The van der Waals surface area contributed by atoms with E-state index in [1.165, 1.54) is 25.7 Å². The van der Waals surface area contributed by atoms with Gasteiger partial charge in [-0.05, 0) is 35.2 Å². The van der Waals surface area contributed by atoms with E-state index in [1.54, 1.807) is 0 Å². The van der Waals surface area contributed by atoms with Crippen LogP contribution in [-0.2, 0) is 4.79 Å². The van der Waals surface area contributed by atoms with Gasteiger partial charge >= 0.3 is 0 Å². The molecule has 1 aliphatic carbocycles. The fraction of sp³-hybridized carbons (Fsp3) is 0.280. The number of para-hydroxylation sites is 2. The highest BCUT2D eigenvalue weighted by atomic mass is 16.1. The second kappa shape index (κ2) is 7.36. The van der Waals surface area contributed by atoms with Crippen molar-refractivity contribution in [3.8, 4) is 11.4 Å². The zero-order chi connectivity index (χ0) is 19.8. The number of fused-ring (bicyclic) bond motifs is 2. The monoisotopic (exact) mass is 383 g/mol. The molecule has 1 amide bonds. The highest BCUT2D eigenvalue weighted by molar-refractivity contribution is 5.97. The molecule has 4 heteroatoms. The smallest absolute Gasteiger partial charge is 0.240 e. The number of aromatic nitrogens is 2. The first-order valence-electron chi connectivity index (χ1n) is 10.5. The standard InChI is InChI=1S/C25H25N3O/c26-24(29)23(16-17-8-1-2-9-17)28-22-15-6-5-14-21(22)27-25(28)20-13-7-11-18-10-3-4-12-19(18)20/h3-7,10-15,17,23H,1-2,8-9,16H2,(H2,26,29). The van der Waals surface area contributed by atoms with Gasteiger partial charge in [-0.25, -0.2) is 4.98 Å². The number of nitrogens with two attached hydrogens (primary N) is 1. The van der Waals surface area contributed by atoms with Crippen LogP contribution in [0.5, 0.6) is 0 Å². The van der Waals surface area contributed by atoms with E-state index in [9.17, 15) is 4.79 Å². The predicted molar refractivity (Wildman–Crippen MR) is 117 cm³/mol. The molecule has 2 N–H and O–H groups in total. The number of carbonyl (C=O) groups is 1. The van der Waals surface area contributed by atoms with Gasteiger partial charge in [0.2, 0.25) is 5.91 Å². The molecule has 3 aromatic carbocycles. The number of amides is 1. The van der Waals surface area contributed by atoms with E-state index in [4.69, 9.17) is 10.7 Å². The van der Waals surface area contributed by atoms with E-state index in [2.05, 4.69) is 34.9 Å². The van der Waals surface area contributed by atoms with Gasteiger partial charge in [-0.3, -0.25) is 4.79 Å². The molecule has 0 radical (unpaired) electrons. The van der Waals surface area contributed by atoms with Gasteiger partial charge in [0, 0.05) is 5.56 Å². The van der Waals surface area contributed by atoms with Crippen molar-refractivity contribution in [1.29, 1.82) is 0 Å². The average Bonchev–Trinajstić information content (AvgIpc) is 3.39. The van der Waals surface area contributed by atoms with Crippen LogP contribution >= 0.6 is 0 Å². The van der Waals surface area contributed by atoms with Gasteiger partial charge in [0.05, 0.1) is 11.0 Å². The van der Waals surface area contributed by atoms with Crippen molar-refractivity contribution < 1.29 is 4.79 Å². The summed E-state index contributed by atoms with van der Waals surface area (Å²) in [6, 6.07) is 22.2. The van der Waals surface area contributed by atoms with E-state index in [1.807, 2.05) is 36.4 Å². The molecule has 0 bridgehead atoms. The fourth-order valence-electron chi connectivity index (χ4n) is 4.88. The Kier molecular flexibility index (Phi) is 4.55. The van der Waals surface area contributed by atoms with Crippen molar-refractivity contribution in [3.63, 3.8) is 0 Å². The maximum Gasteiger partial charge on any atom is 0.240 e. The number of hydrogen-bond donors (Lipinski definition) is 1. The molecule has 4 aromatic rings. The molecule has 4 nitrogen and oxygen atoms in total. The Morgan fingerprint density at radius 3 is 2.55 bits per heavy atom. The summed E-state index contributed by atoms with van der Waals surface area (Å²) in [6.07, 6.45) is 5.64. The second-order valence-electron chi connectivity index (χ2n) is 8.13. The first-order valence-corrected chi connectivity index (χ1v) is 10.5. The summed E-state index contributed by atoms with van der Waals surface area (Å²) in [5.74, 6) is 1.10. The Hall–Kier alpha value is -3.14. The lowest BCUT2D eigenvalue weighted by Crippen LogP contribution is -2.28. The van der Waals surface area contributed by atoms with E-state index in [0.29, 0.717) is 5.92 Å². The lowest BCUT2D eigenvalue weighted by molar-refractivity contribution is -0.121. The molecule has 0 spiro atoms. The van der Waals surface area contributed by atoms with E-state index >= 15 is 0 Å². The number of carbonyl (C=O) groups excluding carboxylic acids is 1. The molecule has 29 heavy (non-hydrogen) atoms. The molecule has 5 rings (SSSR count). The Balaban J connectivity index is 1.74. The number of nitrogens with zero attached hydrogens (tertiary/aromatic N) is 2. The highest BCUT2D eigenvalue weighted by Crippen LogP contribution is 2.37. The summed E-state index contributed by atoms with van der Waals surface area (Å²) in [5.41, 5.74) is 8.87. The van der Waals surface area contributed by atoms with Crippen molar-refractivity contribution in [1.82, 2.24) is 9.55 Å². The zero-order valence-electron chi connectivity index (χ0n) is 16.4. The van der Waals surface area contributed by atoms with Crippen molar-refractivity contribution in [2.24, 2.45) is 11.7 Å². The number of primary amides is 1. The summed E-state index contributed by atoms with van der Waals surface area (Å²) >= 11 is 0. The van der Waals surface area contributed by atoms with Gasteiger partial charge in [-0.1, -0.05) is 80.3 Å². The molecule has 1 saturated carbocycles. The Morgan fingerprint density at radius 1 is 1.00 bits per heavy atom. The van der Waals surface area contributed by atoms with Crippen LogP contribution in [0.3, 0.4) is 0 Å². The van der Waals surface area contributed by atoms with Gasteiger partial charge in [0.15, 0.2) is 0 Å². The molecule has 0 aliphatic heterocycles. The second-order valence-corrected chi connectivity index (χ2v) is 8.13. The highest BCUT2D eigenvalue weighted by Gasteiger charge is 2.29. The number of benzene rings is 3. The molecule has 1 aromatic heterocycles. The molecule has 146 valence electrons. The van der Waals surface area contributed by atoms with Crippen molar-refractivity contribution in [2.75, 3.05) is 0 Å². The molecule has 0 saturated heterocycles. The van der Waals surface area contributed by atoms with E-state index in [0.717, 1.165) is 39.6 Å². The van der Waals surface area contributed by atoms with Crippen molar-refractivity contribution in [2.45, 2.75) is 38.1 Å². The maximum absolute atomic E-state index is 12.7. The SMILES string of the molecule is NC(=O)C(CC1CCCC1)n1c(-c2cccc3ccccc23)nc2ccccc21. The van der Waals surface area contributed by atoms with Crippen molar-refractivity contribution in [3.05, 3.63) is 66.7 Å². The topological polar surface area (TPSA) is 60.9 Å². The van der Waals surface area contributed by atoms with Gasteiger partial charge in [0.25, 0.3) is 0 Å². The van der Waals surface area contributed by atoms with Crippen LogP contribution in [0.25, 0.3) is 33.2 Å². The first-order chi connectivity index (χ1) is 14.2. The third kappa shape index (κ3) is 3.19. The third-order valence-electron chi connectivity index (χ3n) is 6.30. The first kappa shape index (κ1) is 17.9. The van der Waals surface area contributed by atoms with Crippen LogP contribution in [0, 0.1) is 5.92 Å². The minimum absolute atomic E-state index is 0.276. The number of imidazole rings is 1. The molecule has 1 heterocycles. The third-order valence-corrected chi connectivity index (χ3v) is 6.30. The average molecular weight is 383 g/mol.